The molecule has 0 saturated heterocycles. The highest BCUT2D eigenvalue weighted by atomic mass is 16.5. The molecule has 1 aliphatic rings. The molecule has 7 rings (SSSR count). The zero-order chi connectivity index (χ0) is 57.7. The third-order valence-corrected chi connectivity index (χ3v) is 14.2. The molecular weight excluding hydrogens is 1020 g/mol. The zero-order valence-electron chi connectivity index (χ0n) is 49.6. The average molecular weight is 1120 g/mol. The van der Waals surface area contributed by atoms with Crippen LogP contribution >= 0.6 is 0 Å². The summed E-state index contributed by atoms with van der Waals surface area (Å²) in [6, 6.07) is 21.5. The number of benzene rings is 4. The molecule has 2 heterocycles. The first-order valence-corrected chi connectivity index (χ1v) is 30.5. The van der Waals surface area contributed by atoms with Crippen LogP contribution in [0.3, 0.4) is 0 Å². The van der Waals surface area contributed by atoms with Crippen molar-refractivity contribution in [2.75, 3.05) is 72.3 Å². The van der Waals surface area contributed by atoms with Crippen LogP contribution in [0.4, 0.5) is 47.1 Å². The van der Waals surface area contributed by atoms with Crippen LogP contribution in [-0.2, 0) is 25.7 Å². The number of unbranched alkanes of at least 4 members (excludes halogenated alkanes) is 12. The van der Waals surface area contributed by atoms with Crippen molar-refractivity contribution in [3.05, 3.63) is 130 Å². The molecule has 0 fully saturated rings. The number of ether oxygens (including phenoxy) is 4. The van der Waals surface area contributed by atoms with Gasteiger partial charge in [0, 0.05) is 72.4 Å². The predicted molar refractivity (Wildman–Crippen MR) is 337 cm³/mol. The highest BCUT2D eigenvalue weighted by molar-refractivity contribution is 5.66. The van der Waals surface area contributed by atoms with E-state index in [9.17, 15) is 0 Å². The summed E-state index contributed by atoms with van der Waals surface area (Å²) in [5.74, 6) is 5.16. The SMILES string of the molecule is C=CCCCCCCCCNc1nc(N)nc(Nc2cc3c(OCCC)c(c2)Cc2cccc(c2OCCC)Cc2cc(Nc4nc(N)nc(NCCCCCCCCC=C)n4)cc(c2OCCC)Cc2cccc(c2OCCC)C3)n1. The van der Waals surface area contributed by atoms with E-state index in [2.05, 4.69) is 143 Å². The first kappa shape index (κ1) is 62.0. The van der Waals surface area contributed by atoms with E-state index < -0.39 is 0 Å². The Kier molecular flexibility index (Phi) is 25.7. The Hall–Kier alpha value is -7.62. The molecule has 6 aromatic rings. The van der Waals surface area contributed by atoms with Gasteiger partial charge in [0.2, 0.25) is 35.7 Å². The molecule has 0 spiro atoms. The second-order valence-electron chi connectivity index (χ2n) is 21.3. The lowest BCUT2D eigenvalue weighted by Crippen LogP contribution is -2.12. The average Bonchev–Trinajstić information content (AvgIpc) is 3.53. The molecule has 16 heteroatoms. The van der Waals surface area contributed by atoms with Gasteiger partial charge in [-0.3, -0.25) is 0 Å². The molecule has 16 nitrogen and oxygen atoms in total. The summed E-state index contributed by atoms with van der Waals surface area (Å²) in [5, 5.41) is 13.9. The van der Waals surface area contributed by atoms with Crippen molar-refractivity contribution >= 4 is 47.1 Å². The molecule has 1 aliphatic carbocycles. The molecule has 440 valence electrons. The number of nitrogens with one attached hydrogen (secondary N) is 4. The minimum Gasteiger partial charge on any atom is -0.493 e. The van der Waals surface area contributed by atoms with Crippen LogP contribution in [0.25, 0.3) is 0 Å². The number of rotatable bonds is 36. The highest BCUT2D eigenvalue weighted by Crippen LogP contribution is 2.42. The fourth-order valence-corrected chi connectivity index (χ4v) is 10.3. The van der Waals surface area contributed by atoms with E-state index in [-0.39, 0.29) is 11.9 Å². The third-order valence-electron chi connectivity index (χ3n) is 14.2. The van der Waals surface area contributed by atoms with Crippen molar-refractivity contribution < 1.29 is 18.9 Å². The fourth-order valence-electron chi connectivity index (χ4n) is 10.3. The van der Waals surface area contributed by atoms with Gasteiger partial charge in [-0.05, 0) is 111 Å². The van der Waals surface area contributed by atoms with Crippen LogP contribution in [0.5, 0.6) is 23.0 Å². The number of allylic oxidation sites excluding steroid dienone is 2. The zero-order valence-corrected chi connectivity index (χ0v) is 49.6. The van der Waals surface area contributed by atoms with Crippen LogP contribution in [0.1, 0.15) is 188 Å². The van der Waals surface area contributed by atoms with Crippen molar-refractivity contribution in [3.63, 3.8) is 0 Å². The summed E-state index contributed by atoms with van der Waals surface area (Å²) in [7, 11) is 0. The van der Waals surface area contributed by atoms with Gasteiger partial charge in [-0.1, -0.05) is 128 Å². The molecule has 0 amide bonds. The van der Waals surface area contributed by atoms with Gasteiger partial charge in [0.25, 0.3) is 0 Å². The number of nitrogens with two attached hydrogens (primary N) is 2. The Balaban J connectivity index is 1.29. The van der Waals surface area contributed by atoms with Gasteiger partial charge in [-0.2, -0.15) is 29.9 Å². The summed E-state index contributed by atoms with van der Waals surface area (Å²) >= 11 is 0. The van der Waals surface area contributed by atoms with E-state index in [1.165, 1.54) is 51.4 Å². The maximum atomic E-state index is 6.86. The molecule has 8 bridgehead atoms. The molecule has 4 aromatic carbocycles. The Bertz CT molecular complexity index is 2660. The topological polar surface area (TPSA) is 214 Å². The summed E-state index contributed by atoms with van der Waals surface area (Å²) in [6.07, 6.45) is 25.5. The molecule has 0 saturated carbocycles. The van der Waals surface area contributed by atoms with Gasteiger partial charge in [0.05, 0.1) is 26.4 Å². The van der Waals surface area contributed by atoms with E-state index in [1.807, 2.05) is 12.2 Å². The van der Waals surface area contributed by atoms with Crippen molar-refractivity contribution in [2.24, 2.45) is 0 Å². The monoisotopic (exact) mass is 1120 g/mol. The molecule has 8 N–H and O–H groups in total. The Morgan fingerprint density at radius 3 is 1.01 bits per heavy atom. The minimum atomic E-state index is 0.131. The van der Waals surface area contributed by atoms with Gasteiger partial charge in [-0.25, -0.2) is 0 Å². The summed E-state index contributed by atoms with van der Waals surface area (Å²) < 4.78 is 27.4. The van der Waals surface area contributed by atoms with Crippen molar-refractivity contribution in [3.8, 4) is 23.0 Å². The highest BCUT2D eigenvalue weighted by Gasteiger charge is 2.24. The van der Waals surface area contributed by atoms with Crippen molar-refractivity contribution in [2.45, 2.75) is 169 Å². The lowest BCUT2D eigenvalue weighted by atomic mass is 9.90. The molecule has 82 heavy (non-hydrogen) atoms. The number of hydrogen-bond acceptors (Lipinski definition) is 16. The first-order chi connectivity index (χ1) is 40.2. The molecular formula is C66H92N12O4. The number of anilines is 8. The third kappa shape index (κ3) is 19.3. The van der Waals surface area contributed by atoms with E-state index in [0.29, 0.717) is 75.9 Å². The van der Waals surface area contributed by atoms with Gasteiger partial charge in [-0.15, -0.1) is 13.2 Å². The lowest BCUT2D eigenvalue weighted by molar-refractivity contribution is 0.304. The number of fused-ring (bicyclic) bond motifs is 8. The summed E-state index contributed by atoms with van der Waals surface area (Å²) in [5.41, 5.74) is 22.4. The van der Waals surface area contributed by atoms with E-state index in [4.69, 9.17) is 40.4 Å². The lowest BCUT2D eigenvalue weighted by Gasteiger charge is -2.24. The van der Waals surface area contributed by atoms with Crippen LogP contribution in [0.2, 0.25) is 0 Å². The number of aromatic nitrogens is 6. The number of hydrogen-bond donors (Lipinski definition) is 6. The molecule has 0 unspecified atom stereocenters. The van der Waals surface area contributed by atoms with Gasteiger partial charge >= 0.3 is 0 Å². The molecule has 0 atom stereocenters. The maximum Gasteiger partial charge on any atom is 0.233 e. The van der Waals surface area contributed by atoms with E-state index in [0.717, 1.165) is 156 Å². The smallest absolute Gasteiger partial charge is 0.233 e. The van der Waals surface area contributed by atoms with E-state index in [1.54, 1.807) is 0 Å². The molecule has 0 aliphatic heterocycles. The van der Waals surface area contributed by atoms with Gasteiger partial charge in [0.1, 0.15) is 23.0 Å². The quantitative estimate of drug-likeness (QED) is 0.0159. The fraction of sp³-hybridized carbons (Fsp3) is 0.485. The second kappa shape index (κ2) is 34.0. The van der Waals surface area contributed by atoms with Gasteiger partial charge in [0.15, 0.2) is 0 Å². The van der Waals surface area contributed by atoms with Crippen LogP contribution in [-0.4, -0.2) is 69.4 Å². The van der Waals surface area contributed by atoms with Crippen LogP contribution < -0.4 is 51.7 Å². The number of para-hydroxylation sites is 2. The Morgan fingerprint density at radius 1 is 0.402 bits per heavy atom. The second-order valence-corrected chi connectivity index (χ2v) is 21.3. The molecule has 2 aromatic heterocycles. The predicted octanol–water partition coefficient (Wildman–Crippen LogP) is 15.2. The summed E-state index contributed by atoms with van der Waals surface area (Å²) in [4.78, 5) is 27.7. The van der Waals surface area contributed by atoms with Crippen molar-refractivity contribution in [1.82, 2.24) is 29.9 Å². The largest absolute Gasteiger partial charge is 0.493 e. The molecule has 0 radical (unpaired) electrons. The number of nitrogens with zero attached hydrogens (tertiary/aromatic N) is 6. The normalized spacial score (nSPS) is 11.9. The first-order valence-electron chi connectivity index (χ1n) is 30.5. The number of nitrogen functional groups attached to an aromatic ring is 2. The summed E-state index contributed by atoms with van der Waals surface area (Å²) in [6.45, 7) is 19.9. The van der Waals surface area contributed by atoms with Gasteiger partial charge < -0.3 is 51.7 Å². The van der Waals surface area contributed by atoms with Crippen molar-refractivity contribution in [1.29, 1.82) is 0 Å². The minimum absolute atomic E-state index is 0.131. The van der Waals surface area contributed by atoms with E-state index >= 15 is 0 Å². The maximum absolute atomic E-state index is 6.86. The Morgan fingerprint density at radius 2 is 0.695 bits per heavy atom. The standard InChI is InChI=1S/C66H92N12O4/c1-7-13-15-17-19-21-23-25-33-69-63-73-61(67)75-65(77-63)71-55-43-51-39-47-29-27-31-49(57(47)79-35-9-3)41-53-45-56(72-66-76-62(68)74-64(78-66)70-34-26-24-22-20-18-16-14-8-2)46-54(60(53)82-38-12-6)42-50-32-28-30-48(58(50)80-36-10-4)40-52(44-55)59(51)81-37-11-5/h7-8,27-32,43-46H,1-2,9-26,33-42H2,3-6H3,(H4,67,69,71,73,75,77)(H4,68,70,72,74,76,78). The van der Waals surface area contributed by atoms with Crippen LogP contribution in [0.15, 0.2) is 86.0 Å². The Labute approximate surface area is 488 Å². The van der Waals surface area contributed by atoms with Crippen LogP contribution in [0, 0.1) is 0 Å².